The van der Waals surface area contributed by atoms with Crippen LogP contribution in [-0.2, 0) is 21.7 Å². The highest BCUT2D eigenvalue weighted by Crippen LogP contribution is 2.69. The molecule has 4 bridgehead atoms. The van der Waals surface area contributed by atoms with E-state index >= 15 is 0 Å². The smallest absolute Gasteiger partial charge is 0.0502 e. The highest BCUT2D eigenvalue weighted by atomic mass is 15.1. The Labute approximate surface area is 283 Å². The Bertz CT molecular complexity index is 1850. The van der Waals surface area contributed by atoms with Crippen molar-refractivity contribution < 1.29 is 0 Å². The van der Waals surface area contributed by atoms with Gasteiger partial charge < -0.3 is 4.90 Å². The fourth-order valence-corrected chi connectivity index (χ4v) is 11.7. The Morgan fingerprint density at radius 3 is 1.85 bits per heavy atom. The number of benzene rings is 4. The summed E-state index contributed by atoms with van der Waals surface area (Å²) in [6, 6.07) is 33.8. The molecule has 6 aliphatic rings. The van der Waals surface area contributed by atoms with E-state index < -0.39 is 0 Å². The Morgan fingerprint density at radius 2 is 1.17 bits per heavy atom. The van der Waals surface area contributed by atoms with Gasteiger partial charge in [0.15, 0.2) is 0 Å². The third-order valence-corrected chi connectivity index (χ3v) is 13.9. The highest BCUT2D eigenvalue weighted by molar-refractivity contribution is 5.87. The van der Waals surface area contributed by atoms with Gasteiger partial charge in [0.05, 0.1) is 5.69 Å². The minimum atomic E-state index is 0.0979. The van der Waals surface area contributed by atoms with Gasteiger partial charge in [0.2, 0.25) is 0 Å². The van der Waals surface area contributed by atoms with Crippen molar-refractivity contribution in [1.82, 2.24) is 0 Å². The van der Waals surface area contributed by atoms with Gasteiger partial charge in [0.25, 0.3) is 0 Å². The summed E-state index contributed by atoms with van der Waals surface area (Å²) < 4.78 is 0. The normalized spacial score (nSPS) is 29.0. The highest BCUT2D eigenvalue weighted by Gasteiger charge is 2.61. The predicted molar refractivity (Wildman–Crippen MR) is 198 cm³/mol. The fraction of sp³-hybridized carbons (Fsp3) is 0.478. The number of nitrogens with zero attached hydrogens (tertiary/aromatic N) is 1. The Kier molecular flexibility index (Phi) is 6.26. The lowest BCUT2D eigenvalue weighted by Gasteiger charge is -2.61. The van der Waals surface area contributed by atoms with Crippen LogP contribution in [0, 0.1) is 23.7 Å². The minimum Gasteiger partial charge on any atom is -0.310 e. The topological polar surface area (TPSA) is 3.24 Å². The summed E-state index contributed by atoms with van der Waals surface area (Å²) in [7, 11) is 0. The average Bonchev–Trinajstić information content (AvgIpc) is 3.32. The number of anilines is 3. The molecule has 1 spiro atoms. The maximum absolute atomic E-state index is 2.68. The molecule has 4 aromatic rings. The molecule has 0 saturated heterocycles. The molecule has 0 N–H and O–H groups in total. The molecule has 0 amide bonds. The molecule has 0 radical (unpaired) electrons. The van der Waals surface area contributed by atoms with Crippen LogP contribution in [0.25, 0.3) is 11.1 Å². The zero-order valence-electron chi connectivity index (χ0n) is 29.8. The van der Waals surface area contributed by atoms with Crippen molar-refractivity contribution in [2.75, 3.05) is 4.90 Å². The maximum atomic E-state index is 2.68. The first-order valence-corrected chi connectivity index (χ1v) is 18.7. The number of fused-ring (bicyclic) bond motifs is 4. The van der Waals surface area contributed by atoms with E-state index in [9.17, 15) is 0 Å². The molecule has 4 saturated carbocycles. The van der Waals surface area contributed by atoms with Gasteiger partial charge >= 0.3 is 0 Å². The molecule has 0 atom stereocenters. The summed E-state index contributed by atoms with van der Waals surface area (Å²) in [5, 5.41) is 0. The maximum Gasteiger partial charge on any atom is 0.0502 e. The number of hydrogen-bond acceptors (Lipinski definition) is 1. The van der Waals surface area contributed by atoms with E-state index in [2.05, 4.69) is 138 Å². The lowest BCUT2D eigenvalue weighted by atomic mass is 9.43. The Balaban J connectivity index is 1.28. The summed E-state index contributed by atoms with van der Waals surface area (Å²) in [4.78, 5) is 2.64. The summed E-state index contributed by atoms with van der Waals surface area (Å²) in [5.41, 5.74) is 15.2. The second-order valence-corrected chi connectivity index (χ2v) is 18.5. The second kappa shape index (κ2) is 9.87. The van der Waals surface area contributed by atoms with Crippen LogP contribution >= 0.6 is 0 Å². The van der Waals surface area contributed by atoms with Crippen molar-refractivity contribution in [2.24, 2.45) is 23.7 Å². The minimum absolute atomic E-state index is 0.0979. The fourth-order valence-electron chi connectivity index (χ4n) is 11.7. The van der Waals surface area contributed by atoms with E-state index in [0.29, 0.717) is 0 Å². The van der Waals surface area contributed by atoms with Gasteiger partial charge in [-0.3, -0.25) is 0 Å². The van der Waals surface area contributed by atoms with E-state index in [1.54, 1.807) is 11.1 Å². The third kappa shape index (κ3) is 4.20. The van der Waals surface area contributed by atoms with Crippen molar-refractivity contribution >= 4 is 17.1 Å². The molecular weight excluding hydrogens is 567 g/mol. The van der Waals surface area contributed by atoms with Crippen molar-refractivity contribution in [1.29, 1.82) is 0 Å². The van der Waals surface area contributed by atoms with Crippen LogP contribution in [0.1, 0.15) is 121 Å². The molecule has 10 rings (SSSR count). The Morgan fingerprint density at radius 1 is 0.574 bits per heavy atom. The molecule has 242 valence electrons. The number of hydrogen-bond donors (Lipinski definition) is 0. The van der Waals surface area contributed by atoms with Gasteiger partial charge in [-0.1, -0.05) is 103 Å². The third-order valence-electron chi connectivity index (χ3n) is 13.9. The van der Waals surface area contributed by atoms with Crippen LogP contribution in [0.3, 0.4) is 0 Å². The monoisotopic (exact) mass is 619 g/mol. The summed E-state index contributed by atoms with van der Waals surface area (Å²) in [6.07, 6.45) is 9.57. The molecule has 0 aromatic heterocycles. The standard InChI is InChI=1S/C46H53N/c1-43(2,3)31-15-17-34(18-16-31)47(41-14-10-13-39-42(41)45(6,7)22-21-44(39,4)5)35-19-20-37-36-11-8-9-12-38(36)46(40(37)28-35)32-24-29-23-30(26-32)27-33(46)25-29/h8-20,28-30,32-33H,21-27H2,1-7H3. The predicted octanol–water partition coefficient (Wildman–Crippen LogP) is 12.5. The van der Waals surface area contributed by atoms with E-state index in [1.165, 1.54) is 89.8 Å². The van der Waals surface area contributed by atoms with Gasteiger partial charge in [0, 0.05) is 16.8 Å². The largest absolute Gasteiger partial charge is 0.310 e. The van der Waals surface area contributed by atoms with Crippen LogP contribution in [-0.4, -0.2) is 0 Å². The van der Waals surface area contributed by atoms with Crippen molar-refractivity contribution in [2.45, 2.75) is 115 Å². The van der Waals surface area contributed by atoms with Gasteiger partial charge in [-0.05, 0) is 154 Å². The first-order chi connectivity index (χ1) is 22.4. The van der Waals surface area contributed by atoms with E-state index in [-0.39, 0.29) is 21.7 Å². The van der Waals surface area contributed by atoms with Crippen molar-refractivity contribution in [3.8, 4) is 11.1 Å². The SMILES string of the molecule is CC(C)(C)c1ccc(N(c2ccc3c(c2)C2(c4ccccc4-3)C3CC4CC(C3)CC2C4)c2cccc3c2C(C)(C)CCC3(C)C)cc1. The molecule has 47 heavy (non-hydrogen) atoms. The van der Waals surface area contributed by atoms with Gasteiger partial charge in [-0.2, -0.15) is 0 Å². The quantitative estimate of drug-likeness (QED) is 0.220. The number of rotatable bonds is 3. The van der Waals surface area contributed by atoms with Crippen LogP contribution < -0.4 is 4.90 Å². The van der Waals surface area contributed by atoms with Gasteiger partial charge in [-0.25, -0.2) is 0 Å². The summed E-state index contributed by atoms with van der Waals surface area (Å²) >= 11 is 0. The van der Waals surface area contributed by atoms with Crippen LogP contribution in [0.5, 0.6) is 0 Å². The zero-order chi connectivity index (χ0) is 32.5. The molecule has 0 heterocycles. The molecule has 0 aliphatic heterocycles. The molecule has 1 nitrogen and oxygen atoms in total. The molecular formula is C46H53N. The first-order valence-electron chi connectivity index (χ1n) is 18.7. The molecule has 0 unspecified atom stereocenters. The molecule has 4 fully saturated rings. The van der Waals surface area contributed by atoms with Crippen LogP contribution in [0.4, 0.5) is 17.1 Å². The zero-order valence-corrected chi connectivity index (χ0v) is 29.8. The summed E-state index contributed by atoms with van der Waals surface area (Å²) in [6.45, 7) is 16.8. The van der Waals surface area contributed by atoms with Crippen molar-refractivity contribution in [3.63, 3.8) is 0 Å². The van der Waals surface area contributed by atoms with E-state index in [4.69, 9.17) is 0 Å². The lowest BCUT2D eigenvalue weighted by molar-refractivity contribution is -0.0399. The second-order valence-electron chi connectivity index (χ2n) is 18.5. The Hall–Kier alpha value is -3.32. The van der Waals surface area contributed by atoms with Crippen LogP contribution in [0.2, 0.25) is 0 Å². The van der Waals surface area contributed by atoms with Crippen molar-refractivity contribution in [3.05, 3.63) is 113 Å². The van der Waals surface area contributed by atoms with Gasteiger partial charge in [0.1, 0.15) is 0 Å². The lowest BCUT2D eigenvalue weighted by Crippen LogP contribution is -2.55. The molecule has 4 aromatic carbocycles. The van der Waals surface area contributed by atoms with Crippen LogP contribution in [0.15, 0.2) is 84.9 Å². The first kappa shape index (κ1) is 29.8. The molecule has 6 aliphatic carbocycles. The average molecular weight is 620 g/mol. The van der Waals surface area contributed by atoms with E-state index in [0.717, 1.165) is 23.7 Å². The molecule has 1 heteroatoms. The summed E-state index contributed by atoms with van der Waals surface area (Å²) in [5.74, 6) is 3.42. The van der Waals surface area contributed by atoms with E-state index in [1.807, 2.05) is 0 Å². The van der Waals surface area contributed by atoms with Gasteiger partial charge in [-0.15, -0.1) is 0 Å².